The number of rotatable bonds is 2. The summed E-state index contributed by atoms with van der Waals surface area (Å²) in [5.74, 6) is 1.49. The van der Waals surface area contributed by atoms with Crippen molar-refractivity contribution in [2.24, 2.45) is 0 Å². The van der Waals surface area contributed by atoms with E-state index in [4.69, 9.17) is 9.47 Å². The SMILES string of the molecule is COc1ccc2c(c1)C(=O)c1ccc(OC)cc1-2. The summed E-state index contributed by atoms with van der Waals surface area (Å²) in [5.41, 5.74) is 3.28. The minimum Gasteiger partial charge on any atom is -0.497 e. The third kappa shape index (κ3) is 1.40. The summed E-state index contributed by atoms with van der Waals surface area (Å²) in [7, 11) is 3.21. The van der Waals surface area contributed by atoms with Gasteiger partial charge in [-0.1, -0.05) is 0 Å². The van der Waals surface area contributed by atoms with Crippen molar-refractivity contribution >= 4 is 5.78 Å². The van der Waals surface area contributed by atoms with Crippen molar-refractivity contribution in [2.75, 3.05) is 14.2 Å². The minimum absolute atomic E-state index is 0.0431. The Bertz CT molecular complexity index is 644. The van der Waals surface area contributed by atoms with Crippen LogP contribution >= 0.6 is 0 Å². The molecular formula is C15H12O3. The van der Waals surface area contributed by atoms with E-state index >= 15 is 0 Å². The largest absolute Gasteiger partial charge is 0.497 e. The van der Waals surface area contributed by atoms with Crippen LogP contribution in [0, 0.1) is 0 Å². The molecule has 0 amide bonds. The standard InChI is InChI=1S/C15H12O3/c1-17-9-4-6-12-13(7-9)11-5-3-10(18-2)8-14(11)15(12)16/h3-8H,1-2H3. The first-order chi connectivity index (χ1) is 8.74. The van der Waals surface area contributed by atoms with Crippen molar-refractivity contribution in [3.8, 4) is 22.6 Å². The summed E-state index contributed by atoms with van der Waals surface area (Å²) >= 11 is 0. The Kier molecular flexibility index (Phi) is 2.33. The highest BCUT2D eigenvalue weighted by atomic mass is 16.5. The number of ether oxygens (including phenoxy) is 2. The normalized spacial score (nSPS) is 12.0. The summed E-state index contributed by atoms with van der Waals surface area (Å²) in [5, 5.41) is 0. The lowest BCUT2D eigenvalue weighted by Gasteiger charge is -2.04. The third-order valence-corrected chi connectivity index (χ3v) is 3.23. The lowest BCUT2D eigenvalue weighted by molar-refractivity contribution is 0.104. The van der Waals surface area contributed by atoms with Crippen LogP contribution in [0.3, 0.4) is 0 Å². The minimum atomic E-state index is 0.0431. The van der Waals surface area contributed by atoms with Gasteiger partial charge in [0.25, 0.3) is 0 Å². The van der Waals surface area contributed by atoms with Gasteiger partial charge < -0.3 is 9.47 Å². The summed E-state index contributed by atoms with van der Waals surface area (Å²) in [6.45, 7) is 0. The molecule has 0 fully saturated rings. The summed E-state index contributed by atoms with van der Waals surface area (Å²) in [6.07, 6.45) is 0. The number of hydrogen-bond acceptors (Lipinski definition) is 3. The Hall–Kier alpha value is -2.29. The maximum atomic E-state index is 12.3. The van der Waals surface area contributed by atoms with Gasteiger partial charge in [-0.05, 0) is 47.5 Å². The first-order valence-corrected chi connectivity index (χ1v) is 5.65. The van der Waals surface area contributed by atoms with E-state index in [0.717, 1.165) is 22.4 Å². The van der Waals surface area contributed by atoms with Crippen molar-refractivity contribution in [3.63, 3.8) is 0 Å². The zero-order valence-electron chi connectivity index (χ0n) is 10.2. The van der Waals surface area contributed by atoms with Gasteiger partial charge >= 0.3 is 0 Å². The molecule has 0 saturated carbocycles. The summed E-state index contributed by atoms with van der Waals surface area (Å²) < 4.78 is 10.4. The van der Waals surface area contributed by atoms with Gasteiger partial charge in [0, 0.05) is 11.1 Å². The number of carbonyl (C=O) groups is 1. The first kappa shape index (κ1) is 10.8. The molecule has 0 aliphatic heterocycles. The molecule has 90 valence electrons. The molecule has 0 aromatic heterocycles. The van der Waals surface area contributed by atoms with Crippen molar-refractivity contribution in [2.45, 2.75) is 0 Å². The smallest absolute Gasteiger partial charge is 0.194 e. The molecule has 0 saturated heterocycles. The van der Waals surface area contributed by atoms with Gasteiger partial charge in [-0.2, -0.15) is 0 Å². The van der Waals surface area contributed by atoms with Crippen molar-refractivity contribution in [3.05, 3.63) is 47.5 Å². The van der Waals surface area contributed by atoms with Crippen molar-refractivity contribution in [1.82, 2.24) is 0 Å². The highest BCUT2D eigenvalue weighted by Gasteiger charge is 2.27. The second-order valence-electron chi connectivity index (χ2n) is 4.15. The van der Waals surface area contributed by atoms with Gasteiger partial charge in [0.05, 0.1) is 14.2 Å². The van der Waals surface area contributed by atoms with Gasteiger partial charge in [0.1, 0.15) is 11.5 Å². The van der Waals surface area contributed by atoms with Crippen LogP contribution in [0.5, 0.6) is 11.5 Å². The highest BCUT2D eigenvalue weighted by molar-refractivity contribution is 6.22. The Morgan fingerprint density at radius 3 is 1.89 bits per heavy atom. The molecule has 2 aromatic carbocycles. The summed E-state index contributed by atoms with van der Waals surface area (Å²) in [6, 6.07) is 11.1. The van der Waals surface area contributed by atoms with Crippen LogP contribution in [0.4, 0.5) is 0 Å². The number of benzene rings is 2. The number of fused-ring (bicyclic) bond motifs is 3. The number of methoxy groups -OCH3 is 2. The molecule has 1 aliphatic rings. The molecular weight excluding hydrogens is 228 g/mol. The fraction of sp³-hybridized carbons (Fsp3) is 0.133. The Labute approximate surface area is 105 Å². The van der Waals surface area contributed by atoms with E-state index in [1.807, 2.05) is 24.3 Å². The molecule has 0 radical (unpaired) electrons. The van der Waals surface area contributed by atoms with Crippen LogP contribution in [0.25, 0.3) is 11.1 Å². The molecule has 0 N–H and O–H groups in total. The number of hydrogen-bond donors (Lipinski definition) is 0. The quantitative estimate of drug-likeness (QED) is 0.691. The molecule has 0 atom stereocenters. The maximum absolute atomic E-state index is 12.3. The molecule has 3 heteroatoms. The van der Waals surface area contributed by atoms with Gasteiger partial charge in [-0.25, -0.2) is 0 Å². The van der Waals surface area contributed by atoms with Crippen LogP contribution in [0.2, 0.25) is 0 Å². The number of carbonyl (C=O) groups excluding carboxylic acids is 1. The van der Waals surface area contributed by atoms with Crippen LogP contribution in [-0.2, 0) is 0 Å². The fourth-order valence-corrected chi connectivity index (χ4v) is 2.29. The van der Waals surface area contributed by atoms with E-state index in [1.165, 1.54) is 0 Å². The second kappa shape index (κ2) is 3.88. The molecule has 0 spiro atoms. The predicted molar refractivity (Wildman–Crippen MR) is 68.4 cm³/mol. The van der Waals surface area contributed by atoms with Gasteiger partial charge in [0.2, 0.25) is 0 Å². The van der Waals surface area contributed by atoms with E-state index in [1.54, 1.807) is 26.4 Å². The van der Waals surface area contributed by atoms with E-state index in [0.29, 0.717) is 11.3 Å². The van der Waals surface area contributed by atoms with Crippen molar-refractivity contribution < 1.29 is 14.3 Å². The zero-order chi connectivity index (χ0) is 12.7. The lowest BCUT2D eigenvalue weighted by Crippen LogP contribution is -1.95. The van der Waals surface area contributed by atoms with Crippen LogP contribution in [-0.4, -0.2) is 20.0 Å². The topological polar surface area (TPSA) is 35.5 Å². The van der Waals surface area contributed by atoms with Gasteiger partial charge in [-0.3, -0.25) is 4.79 Å². The van der Waals surface area contributed by atoms with Gasteiger partial charge in [-0.15, -0.1) is 0 Å². The van der Waals surface area contributed by atoms with Crippen LogP contribution in [0.15, 0.2) is 36.4 Å². The Balaban J connectivity index is 2.23. The molecule has 2 aromatic rings. The predicted octanol–water partition coefficient (Wildman–Crippen LogP) is 2.92. The molecule has 0 heterocycles. The average Bonchev–Trinajstić information content (AvgIpc) is 2.71. The molecule has 3 rings (SSSR count). The van der Waals surface area contributed by atoms with Crippen LogP contribution < -0.4 is 9.47 Å². The number of ketones is 1. The molecule has 1 aliphatic carbocycles. The molecule has 3 nitrogen and oxygen atoms in total. The van der Waals surface area contributed by atoms with Gasteiger partial charge in [0.15, 0.2) is 5.78 Å². The summed E-state index contributed by atoms with van der Waals surface area (Å²) in [4.78, 5) is 12.3. The average molecular weight is 240 g/mol. The molecule has 0 bridgehead atoms. The van der Waals surface area contributed by atoms with E-state index < -0.39 is 0 Å². The first-order valence-electron chi connectivity index (χ1n) is 5.65. The Morgan fingerprint density at radius 1 is 0.722 bits per heavy atom. The molecule has 0 unspecified atom stereocenters. The third-order valence-electron chi connectivity index (χ3n) is 3.23. The zero-order valence-corrected chi connectivity index (χ0v) is 10.2. The maximum Gasteiger partial charge on any atom is 0.194 e. The monoisotopic (exact) mass is 240 g/mol. The lowest BCUT2D eigenvalue weighted by atomic mass is 10.1. The van der Waals surface area contributed by atoms with E-state index in [2.05, 4.69) is 0 Å². The van der Waals surface area contributed by atoms with E-state index in [-0.39, 0.29) is 5.78 Å². The second-order valence-corrected chi connectivity index (χ2v) is 4.15. The Morgan fingerprint density at radius 2 is 1.28 bits per heavy atom. The molecule has 18 heavy (non-hydrogen) atoms. The highest BCUT2D eigenvalue weighted by Crippen LogP contribution is 2.39. The van der Waals surface area contributed by atoms with E-state index in [9.17, 15) is 4.79 Å². The fourth-order valence-electron chi connectivity index (χ4n) is 2.29. The van der Waals surface area contributed by atoms with Crippen molar-refractivity contribution in [1.29, 1.82) is 0 Å². The van der Waals surface area contributed by atoms with Crippen LogP contribution in [0.1, 0.15) is 15.9 Å².